The molecule has 29 heavy (non-hydrogen) atoms. The highest BCUT2D eigenvalue weighted by Crippen LogP contribution is 2.51. The van der Waals surface area contributed by atoms with Crippen LogP contribution < -0.4 is 14.2 Å². The number of likely N-dealkylation sites (N-methyl/N-ethyl adjacent to an activating group) is 1. The van der Waals surface area contributed by atoms with Crippen molar-refractivity contribution in [3.05, 3.63) is 52.8 Å². The van der Waals surface area contributed by atoms with Crippen molar-refractivity contribution in [2.24, 2.45) is 0 Å². The van der Waals surface area contributed by atoms with Gasteiger partial charge in [-0.3, -0.25) is 0 Å². The SMILES string of the molecule is COc1c2c(cc3c1[C@@H](c1nnnn1-c1ccccc1C)[N+](C)(C)CC3)OCO2. The molecule has 0 saturated heterocycles. The summed E-state index contributed by atoms with van der Waals surface area (Å²) in [5, 5.41) is 12.9. The summed E-state index contributed by atoms with van der Waals surface area (Å²) in [5.41, 5.74) is 4.34. The van der Waals surface area contributed by atoms with Gasteiger partial charge in [-0.1, -0.05) is 18.2 Å². The van der Waals surface area contributed by atoms with Crippen LogP contribution >= 0.6 is 0 Å². The number of methoxy groups -OCH3 is 1. The van der Waals surface area contributed by atoms with Crippen molar-refractivity contribution in [1.82, 2.24) is 20.2 Å². The number of aromatic nitrogens is 4. The van der Waals surface area contributed by atoms with Gasteiger partial charge in [0, 0.05) is 6.42 Å². The van der Waals surface area contributed by atoms with Gasteiger partial charge >= 0.3 is 0 Å². The van der Waals surface area contributed by atoms with E-state index in [4.69, 9.17) is 14.2 Å². The predicted molar refractivity (Wildman–Crippen MR) is 106 cm³/mol. The first-order valence-electron chi connectivity index (χ1n) is 9.67. The highest BCUT2D eigenvalue weighted by Gasteiger charge is 2.45. The minimum atomic E-state index is -0.113. The van der Waals surface area contributed by atoms with Gasteiger partial charge in [0.25, 0.3) is 0 Å². The van der Waals surface area contributed by atoms with E-state index >= 15 is 0 Å². The van der Waals surface area contributed by atoms with Crippen LogP contribution in [0.15, 0.2) is 30.3 Å². The molecule has 150 valence electrons. The number of rotatable bonds is 3. The number of para-hydroxylation sites is 1. The minimum Gasteiger partial charge on any atom is -0.492 e. The molecule has 0 spiro atoms. The number of ether oxygens (including phenoxy) is 3. The Kier molecular flexibility index (Phi) is 3.99. The third-order valence-corrected chi connectivity index (χ3v) is 5.96. The van der Waals surface area contributed by atoms with E-state index in [0.717, 1.165) is 41.4 Å². The third-order valence-electron chi connectivity index (χ3n) is 5.96. The summed E-state index contributed by atoms with van der Waals surface area (Å²) >= 11 is 0. The Balaban J connectivity index is 1.76. The first-order chi connectivity index (χ1) is 14.0. The molecule has 1 atom stereocenters. The molecule has 0 fully saturated rings. The van der Waals surface area contributed by atoms with Crippen molar-refractivity contribution >= 4 is 0 Å². The van der Waals surface area contributed by atoms with Gasteiger partial charge in [-0.15, -0.1) is 5.10 Å². The van der Waals surface area contributed by atoms with Crippen molar-refractivity contribution in [3.8, 4) is 22.9 Å². The summed E-state index contributed by atoms with van der Waals surface area (Å²) in [5.74, 6) is 2.89. The molecule has 3 heterocycles. The summed E-state index contributed by atoms with van der Waals surface area (Å²) in [4.78, 5) is 0. The molecule has 2 aliphatic rings. The largest absolute Gasteiger partial charge is 0.492 e. The average molecular weight is 394 g/mol. The van der Waals surface area contributed by atoms with Crippen LogP contribution in [0, 0.1) is 6.92 Å². The minimum absolute atomic E-state index is 0.113. The lowest BCUT2D eigenvalue weighted by Crippen LogP contribution is -2.49. The number of tetrazole rings is 1. The van der Waals surface area contributed by atoms with Crippen molar-refractivity contribution in [1.29, 1.82) is 0 Å². The summed E-state index contributed by atoms with van der Waals surface area (Å²) in [6, 6.07) is 10.1. The van der Waals surface area contributed by atoms with Gasteiger partial charge < -0.3 is 18.7 Å². The molecule has 3 aromatic rings. The molecule has 0 aliphatic carbocycles. The zero-order chi connectivity index (χ0) is 20.2. The van der Waals surface area contributed by atoms with E-state index in [2.05, 4.69) is 48.7 Å². The molecule has 8 heteroatoms. The van der Waals surface area contributed by atoms with E-state index in [9.17, 15) is 0 Å². The van der Waals surface area contributed by atoms with Crippen LogP contribution in [-0.4, -0.2) is 59.2 Å². The first-order valence-corrected chi connectivity index (χ1v) is 9.67. The smallest absolute Gasteiger partial charge is 0.231 e. The summed E-state index contributed by atoms with van der Waals surface area (Å²) in [6.07, 6.45) is 0.914. The number of fused-ring (bicyclic) bond motifs is 2. The lowest BCUT2D eigenvalue weighted by molar-refractivity contribution is -0.917. The first kappa shape index (κ1) is 17.9. The van der Waals surface area contributed by atoms with Crippen LogP contribution in [0.2, 0.25) is 0 Å². The van der Waals surface area contributed by atoms with Crippen molar-refractivity contribution in [3.63, 3.8) is 0 Å². The van der Waals surface area contributed by atoms with Gasteiger partial charge in [0.2, 0.25) is 18.4 Å². The molecule has 0 N–H and O–H groups in total. The molecular weight excluding hydrogens is 370 g/mol. The van der Waals surface area contributed by atoms with E-state index in [1.54, 1.807) is 7.11 Å². The topological polar surface area (TPSA) is 71.3 Å². The maximum atomic E-state index is 5.85. The van der Waals surface area contributed by atoms with Gasteiger partial charge in [0.05, 0.1) is 39.0 Å². The predicted octanol–water partition coefficient (Wildman–Crippen LogP) is 2.43. The van der Waals surface area contributed by atoms with E-state index in [1.165, 1.54) is 5.56 Å². The summed E-state index contributed by atoms with van der Waals surface area (Å²) in [7, 11) is 6.08. The summed E-state index contributed by atoms with van der Waals surface area (Å²) < 4.78 is 19.8. The van der Waals surface area contributed by atoms with Crippen LogP contribution in [0.1, 0.15) is 28.6 Å². The second kappa shape index (κ2) is 6.45. The highest BCUT2D eigenvalue weighted by molar-refractivity contribution is 5.62. The molecule has 2 aliphatic heterocycles. The number of aryl methyl sites for hydroxylation is 1. The highest BCUT2D eigenvalue weighted by atomic mass is 16.7. The van der Waals surface area contributed by atoms with Crippen molar-refractivity contribution < 1.29 is 18.7 Å². The number of hydrogen-bond acceptors (Lipinski definition) is 6. The molecule has 0 amide bonds. The van der Waals surface area contributed by atoms with Gasteiger partial charge in [0.1, 0.15) is 0 Å². The molecule has 8 nitrogen and oxygen atoms in total. The summed E-state index contributed by atoms with van der Waals surface area (Å²) in [6.45, 7) is 3.22. The van der Waals surface area contributed by atoms with Gasteiger partial charge in [-0.05, 0) is 40.6 Å². The van der Waals surface area contributed by atoms with Crippen LogP contribution in [0.25, 0.3) is 5.69 Å². The average Bonchev–Trinajstić information content (AvgIpc) is 3.35. The fourth-order valence-electron chi connectivity index (χ4n) is 4.45. The second-order valence-electron chi connectivity index (χ2n) is 8.11. The Morgan fingerprint density at radius 3 is 2.83 bits per heavy atom. The molecule has 0 unspecified atom stereocenters. The Morgan fingerprint density at radius 2 is 2.03 bits per heavy atom. The molecule has 1 aromatic heterocycles. The number of quaternary nitrogens is 1. The molecule has 0 saturated carbocycles. The van der Waals surface area contributed by atoms with Crippen molar-refractivity contribution in [2.75, 3.05) is 34.5 Å². The maximum Gasteiger partial charge on any atom is 0.231 e. The Hall–Kier alpha value is -3.13. The number of nitrogens with zero attached hydrogens (tertiary/aromatic N) is 5. The third kappa shape index (κ3) is 2.66. The Bertz CT molecular complexity index is 1090. The quantitative estimate of drug-likeness (QED) is 0.636. The van der Waals surface area contributed by atoms with E-state index in [-0.39, 0.29) is 12.8 Å². The van der Waals surface area contributed by atoms with Crippen LogP contribution in [0.3, 0.4) is 0 Å². The van der Waals surface area contributed by atoms with E-state index in [1.807, 2.05) is 22.9 Å². The molecule has 0 bridgehead atoms. The standard InChI is InChI=1S/C21H24N5O3/c1-13-7-5-6-8-15(13)25-21(22-23-24-25)18-17-14(9-10-26(18,2)3)11-16-19(20(17)27-4)29-12-28-16/h5-8,11,18H,9-10,12H2,1-4H3/q+1/t18-/m0/s1. The fraction of sp³-hybridized carbons (Fsp3) is 0.381. The fourth-order valence-corrected chi connectivity index (χ4v) is 4.45. The normalized spacial score (nSPS) is 19.1. The zero-order valence-corrected chi connectivity index (χ0v) is 17.0. The van der Waals surface area contributed by atoms with E-state index < -0.39 is 0 Å². The Labute approximate surface area is 169 Å². The lowest BCUT2D eigenvalue weighted by atomic mass is 9.88. The van der Waals surface area contributed by atoms with Gasteiger partial charge in [-0.2, -0.15) is 4.68 Å². The number of benzene rings is 2. The molecular formula is C21H24N5O3+. The molecule has 2 aromatic carbocycles. The van der Waals surface area contributed by atoms with Crippen LogP contribution in [0.5, 0.6) is 17.2 Å². The Morgan fingerprint density at radius 1 is 1.21 bits per heavy atom. The lowest BCUT2D eigenvalue weighted by Gasteiger charge is -2.42. The monoisotopic (exact) mass is 394 g/mol. The van der Waals surface area contributed by atoms with Crippen LogP contribution in [0.4, 0.5) is 0 Å². The number of hydrogen-bond donors (Lipinski definition) is 0. The maximum absolute atomic E-state index is 5.85. The second-order valence-corrected chi connectivity index (χ2v) is 8.11. The van der Waals surface area contributed by atoms with Crippen LogP contribution in [-0.2, 0) is 6.42 Å². The molecule has 5 rings (SSSR count). The van der Waals surface area contributed by atoms with E-state index in [0.29, 0.717) is 16.0 Å². The van der Waals surface area contributed by atoms with Gasteiger partial charge in [-0.25, -0.2) is 0 Å². The zero-order valence-electron chi connectivity index (χ0n) is 17.0. The van der Waals surface area contributed by atoms with Crippen molar-refractivity contribution in [2.45, 2.75) is 19.4 Å². The molecule has 0 radical (unpaired) electrons. The van der Waals surface area contributed by atoms with Gasteiger partial charge in [0.15, 0.2) is 17.5 Å².